The monoisotopic (exact) mass is 263 g/mol. The molecule has 0 heterocycles. The van der Waals surface area contributed by atoms with Crippen LogP contribution in [-0.2, 0) is 4.79 Å². The fourth-order valence-corrected chi connectivity index (χ4v) is 1.86. The highest BCUT2D eigenvalue weighted by atomic mass is 16.5. The smallest absolute Gasteiger partial charge is 0.261 e. The van der Waals surface area contributed by atoms with Gasteiger partial charge in [0.1, 0.15) is 5.75 Å². The molecule has 0 aromatic heterocycles. The molecular formula is C16H25NO2. The summed E-state index contributed by atoms with van der Waals surface area (Å²) in [6.07, 6.45) is 0.204. The number of ether oxygens (including phenoxy) is 1. The van der Waals surface area contributed by atoms with E-state index in [2.05, 4.69) is 11.4 Å². The lowest BCUT2D eigenvalue weighted by molar-refractivity contribution is -0.129. The molecule has 0 aliphatic heterocycles. The molecule has 1 unspecified atom stereocenters. The van der Waals surface area contributed by atoms with E-state index in [1.165, 1.54) is 5.56 Å². The van der Waals surface area contributed by atoms with Gasteiger partial charge in [0.2, 0.25) is 0 Å². The Balaban J connectivity index is 2.79. The van der Waals surface area contributed by atoms with Gasteiger partial charge in [-0.1, -0.05) is 24.6 Å². The average Bonchev–Trinajstić information content (AvgIpc) is 2.25. The van der Waals surface area contributed by atoms with Crippen LogP contribution < -0.4 is 10.1 Å². The molecule has 1 atom stereocenters. The molecule has 1 amide bonds. The van der Waals surface area contributed by atoms with Crippen molar-refractivity contribution >= 4 is 5.91 Å². The summed E-state index contributed by atoms with van der Waals surface area (Å²) in [6.45, 7) is 11.9. The Morgan fingerprint density at radius 3 is 2.42 bits per heavy atom. The first kappa shape index (κ1) is 15.5. The van der Waals surface area contributed by atoms with Crippen LogP contribution in [0.15, 0.2) is 18.2 Å². The molecule has 0 aliphatic rings. The van der Waals surface area contributed by atoms with E-state index >= 15 is 0 Å². The second-order valence-corrected chi connectivity index (χ2v) is 6.02. The zero-order valence-corrected chi connectivity index (χ0v) is 12.8. The van der Waals surface area contributed by atoms with Crippen molar-refractivity contribution in [1.29, 1.82) is 0 Å². The Hall–Kier alpha value is -1.51. The molecule has 106 valence electrons. The molecule has 1 N–H and O–H groups in total. The van der Waals surface area contributed by atoms with E-state index in [1.807, 2.05) is 53.7 Å². The lowest BCUT2D eigenvalue weighted by Crippen LogP contribution is -2.47. The molecule has 0 fully saturated rings. The second-order valence-electron chi connectivity index (χ2n) is 6.02. The van der Waals surface area contributed by atoms with Crippen molar-refractivity contribution in [2.75, 3.05) is 0 Å². The van der Waals surface area contributed by atoms with Gasteiger partial charge in [-0.3, -0.25) is 4.79 Å². The summed E-state index contributed by atoms with van der Waals surface area (Å²) in [5.41, 5.74) is 2.01. The van der Waals surface area contributed by atoms with Gasteiger partial charge in [-0.15, -0.1) is 0 Å². The molecule has 1 rings (SSSR count). The number of nitrogens with one attached hydrogen (secondary N) is 1. The molecule has 0 aliphatic carbocycles. The number of hydrogen-bond donors (Lipinski definition) is 1. The average molecular weight is 263 g/mol. The van der Waals surface area contributed by atoms with Gasteiger partial charge in [0.15, 0.2) is 6.10 Å². The third-order valence-corrected chi connectivity index (χ3v) is 2.76. The minimum atomic E-state index is -0.444. The number of carbonyl (C=O) groups is 1. The van der Waals surface area contributed by atoms with Gasteiger partial charge in [0, 0.05) is 5.54 Å². The first-order chi connectivity index (χ1) is 8.73. The molecule has 0 bridgehead atoms. The standard InChI is InChI=1S/C16H25NO2/c1-7-13(15(18)17-16(4,5)6)19-14-9-8-11(2)10-12(14)3/h8-10,13H,7H2,1-6H3,(H,17,18). The lowest BCUT2D eigenvalue weighted by Gasteiger charge is -2.25. The van der Waals surface area contributed by atoms with Crippen molar-refractivity contribution in [3.05, 3.63) is 29.3 Å². The number of aryl methyl sites for hydroxylation is 2. The summed E-state index contributed by atoms with van der Waals surface area (Å²) in [5, 5.41) is 2.96. The van der Waals surface area contributed by atoms with Crippen molar-refractivity contribution in [2.24, 2.45) is 0 Å². The maximum atomic E-state index is 12.1. The number of hydrogen-bond acceptors (Lipinski definition) is 2. The highest BCUT2D eigenvalue weighted by Crippen LogP contribution is 2.21. The SMILES string of the molecule is CCC(Oc1ccc(C)cc1C)C(=O)NC(C)(C)C. The largest absolute Gasteiger partial charge is 0.480 e. The van der Waals surface area contributed by atoms with Crippen LogP contribution in [-0.4, -0.2) is 17.6 Å². The highest BCUT2D eigenvalue weighted by Gasteiger charge is 2.23. The predicted molar refractivity (Wildman–Crippen MR) is 78.5 cm³/mol. The molecule has 0 saturated heterocycles. The summed E-state index contributed by atoms with van der Waals surface area (Å²) >= 11 is 0. The molecule has 0 radical (unpaired) electrons. The van der Waals surface area contributed by atoms with Gasteiger partial charge in [-0.25, -0.2) is 0 Å². The number of carbonyl (C=O) groups excluding carboxylic acids is 1. The minimum absolute atomic E-state index is 0.0602. The van der Waals surface area contributed by atoms with Crippen LogP contribution in [0.2, 0.25) is 0 Å². The van der Waals surface area contributed by atoms with Crippen molar-refractivity contribution in [1.82, 2.24) is 5.32 Å². The minimum Gasteiger partial charge on any atom is -0.480 e. The van der Waals surface area contributed by atoms with Crippen molar-refractivity contribution in [2.45, 2.75) is 59.6 Å². The fourth-order valence-electron chi connectivity index (χ4n) is 1.86. The van der Waals surface area contributed by atoms with Crippen LogP contribution in [0.3, 0.4) is 0 Å². The summed E-state index contributed by atoms with van der Waals surface area (Å²) in [4.78, 5) is 12.1. The Bertz CT molecular complexity index is 447. The van der Waals surface area contributed by atoms with Gasteiger partial charge in [0.05, 0.1) is 0 Å². The normalized spacial score (nSPS) is 12.9. The van der Waals surface area contributed by atoms with Crippen molar-refractivity contribution < 1.29 is 9.53 Å². The predicted octanol–water partition coefficient (Wildman–Crippen LogP) is 3.38. The Morgan fingerprint density at radius 1 is 1.32 bits per heavy atom. The maximum Gasteiger partial charge on any atom is 0.261 e. The quantitative estimate of drug-likeness (QED) is 0.904. The zero-order valence-electron chi connectivity index (χ0n) is 12.8. The number of rotatable bonds is 4. The van der Waals surface area contributed by atoms with E-state index in [1.54, 1.807) is 0 Å². The molecule has 3 heteroatoms. The molecule has 1 aromatic rings. The van der Waals surface area contributed by atoms with E-state index in [0.29, 0.717) is 6.42 Å². The van der Waals surface area contributed by atoms with Gasteiger partial charge >= 0.3 is 0 Å². The highest BCUT2D eigenvalue weighted by molar-refractivity contribution is 5.81. The van der Waals surface area contributed by atoms with Gasteiger partial charge in [0.25, 0.3) is 5.91 Å². The second kappa shape index (κ2) is 6.09. The van der Waals surface area contributed by atoms with Crippen molar-refractivity contribution in [3.63, 3.8) is 0 Å². The molecule has 3 nitrogen and oxygen atoms in total. The Morgan fingerprint density at radius 2 is 1.95 bits per heavy atom. The van der Waals surface area contributed by atoms with Crippen LogP contribution in [0.25, 0.3) is 0 Å². The zero-order chi connectivity index (χ0) is 14.6. The van der Waals surface area contributed by atoms with E-state index < -0.39 is 6.10 Å². The van der Waals surface area contributed by atoms with Crippen LogP contribution in [0.5, 0.6) is 5.75 Å². The van der Waals surface area contributed by atoms with Crippen LogP contribution >= 0.6 is 0 Å². The number of benzene rings is 1. The van der Waals surface area contributed by atoms with Gasteiger partial charge in [-0.05, 0) is 52.7 Å². The molecule has 1 aromatic carbocycles. The topological polar surface area (TPSA) is 38.3 Å². The van der Waals surface area contributed by atoms with Crippen LogP contribution in [0.4, 0.5) is 0 Å². The summed E-state index contributed by atoms with van der Waals surface area (Å²) in [6, 6.07) is 5.98. The van der Waals surface area contributed by atoms with E-state index in [9.17, 15) is 4.79 Å². The molecule has 0 spiro atoms. The first-order valence-corrected chi connectivity index (χ1v) is 6.79. The third kappa shape index (κ3) is 4.93. The van der Waals surface area contributed by atoms with Gasteiger partial charge in [-0.2, -0.15) is 0 Å². The van der Waals surface area contributed by atoms with Crippen molar-refractivity contribution in [3.8, 4) is 5.75 Å². The maximum absolute atomic E-state index is 12.1. The summed E-state index contributed by atoms with van der Waals surface area (Å²) in [5.74, 6) is 0.719. The first-order valence-electron chi connectivity index (χ1n) is 6.79. The van der Waals surface area contributed by atoms with Crippen LogP contribution in [0, 0.1) is 13.8 Å². The van der Waals surface area contributed by atoms with E-state index in [-0.39, 0.29) is 11.4 Å². The van der Waals surface area contributed by atoms with E-state index in [4.69, 9.17) is 4.74 Å². The van der Waals surface area contributed by atoms with Crippen LogP contribution in [0.1, 0.15) is 45.2 Å². The molecule has 19 heavy (non-hydrogen) atoms. The summed E-state index contributed by atoms with van der Waals surface area (Å²) < 4.78 is 5.85. The number of amides is 1. The van der Waals surface area contributed by atoms with E-state index in [0.717, 1.165) is 11.3 Å². The molecule has 0 saturated carbocycles. The molecular weight excluding hydrogens is 238 g/mol. The Kier molecular flexibility index (Phi) is 4.98. The third-order valence-electron chi connectivity index (χ3n) is 2.76. The fraction of sp³-hybridized carbons (Fsp3) is 0.562. The summed E-state index contributed by atoms with van der Waals surface area (Å²) in [7, 11) is 0. The Labute approximate surface area is 116 Å². The lowest BCUT2D eigenvalue weighted by atomic mass is 10.1. The van der Waals surface area contributed by atoms with Gasteiger partial charge < -0.3 is 10.1 Å².